The van der Waals surface area contributed by atoms with E-state index < -0.39 is 17.9 Å². The van der Waals surface area contributed by atoms with Crippen molar-refractivity contribution < 1.29 is 19.5 Å². The molecule has 6 nitrogen and oxygen atoms in total. The van der Waals surface area contributed by atoms with Crippen LogP contribution in [0.15, 0.2) is 0 Å². The summed E-state index contributed by atoms with van der Waals surface area (Å²) in [6.07, 6.45) is 0.551. The molecule has 0 aromatic carbocycles. The summed E-state index contributed by atoms with van der Waals surface area (Å²) in [7, 11) is 0. The summed E-state index contributed by atoms with van der Waals surface area (Å²) in [5, 5.41) is 11.2. The summed E-state index contributed by atoms with van der Waals surface area (Å²) >= 11 is 0. The Balaban J connectivity index is 2.88. The smallest absolute Gasteiger partial charge is 0.307 e. The van der Waals surface area contributed by atoms with E-state index in [9.17, 15) is 14.4 Å². The van der Waals surface area contributed by atoms with Crippen LogP contribution in [0.4, 0.5) is 0 Å². The van der Waals surface area contributed by atoms with Crippen LogP contribution in [0.2, 0.25) is 0 Å². The Morgan fingerprint density at radius 1 is 1.53 bits per heavy atom. The van der Waals surface area contributed by atoms with Gasteiger partial charge in [0.1, 0.15) is 0 Å². The molecule has 1 aliphatic rings. The molecule has 0 saturated carbocycles. The van der Waals surface area contributed by atoms with E-state index in [0.29, 0.717) is 6.42 Å². The van der Waals surface area contributed by atoms with Gasteiger partial charge in [-0.25, -0.2) is 0 Å². The number of nitrogens with zero attached hydrogens (tertiary/aromatic N) is 1. The summed E-state index contributed by atoms with van der Waals surface area (Å²) < 4.78 is 0. The molecule has 0 bridgehead atoms. The number of rotatable bonds is 4. The third-order valence-electron chi connectivity index (χ3n) is 3.31. The standard InChI is InChI=1S/C11H18N2O4/c1-4-8-10(15)12-9(14)5-13(8)7(3)6(2)11(16)17/h6-8H,4-5H2,1-3H3,(H,16,17)(H,12,14,15). The Morgan fingerprint density at radius 3 is 2.59 bits per heavy atom. The van der Waals surface area contributed by atoms with Gasteiger partial charge in [-0.05, 0) is 13.3 Å². The van der Waals surface area contributed by atoms with Crippen LogP contribution in [-0.4, -0.2) is 46.4 Å². The third-order valence-corrected chi connectivity index (χ3v) is 3.31. The fourth-order valence-electron chi connectivity index (χ4n) is 2.03. The van der Waals surface area contributed by atoms with Crippen molar-refractivity contribution >= 4 is 17.8 Å². The van der Waals surface area contributed by atoms with Crippen molar-refractivity contribution in [3.05, 3.63) is 0 Å². The molecule has 2 N–H and O–H groups in total. The minimum absolute atomic E-state index is 0.0725. The first-order valence-corrected chi connectivity index (χ1v) is 5.70. The van der Waals surface area contributed by atoms with E-state index in [1.54, 1.807) is 18.7 Å². The molecule has 0 radical (unpaired) electrons. The highest BCUT2D eigenvalue weighted by atomic mass is 16.4. The number of hydrogen-bond donors (Lipinski definition) is 2. The van der Waals surface area contributed by atoms with Crippen molar-refractivity contribution in [1.82, 2.24) is 10.2 Å². The van der Waals surface area contributed by atoms with Crippen LogP contribution in [0.25, 0.3) is 0 Å². The lowest BCUT2D eigenvalue weighted by atomic mass is 9.98. The summed E-state index contributed by atoms with van der Waals surface area (Å²) in [6.45, 7) is 5.22. The van der Waals surface area contributed by atoms with Gasteiger partial charge in [0.25, 0.3) is 0 Å². The number of hydrogen-bond acceptors (Lipinski definition) is 4. The molecule has 1 fully saturated rings. The van der Waals surface area contributed by atoms with Crippen LogP contribution in [0.3, 0.4) is 0 Å². The van der Waals surface area contributed by atoms with E-state index in [-0.39, 0.29) is 24.4 Å². The zero-order valence-electron chi connectivity index (χ0n) is 10.3. The number of imide groups is 1. The van der Waals surface area contributed by atoms with Gasteiger partial charge < -0.3 is 5.11 Å². The Labute approximate surface area is 100.0 Å². The average molecular weight is 242 g/mol. The van der Waals surface area contributed by atoms with Crippen LogP contribution >= 0.6 is 0 Å². The second kappa shape index (κ2) is 5.27. The zero-order chi connectivity index (χ0) is 13.2. The van der Waals surface area contributed by atoms with Gasteiger partial charge in [0.15, 0.2) is 0 Å². The SMILES string of the molecule is CCC1C(=O)NC(=O)CN1C(C)C(C)C(=O)O. The molecule has 0 spiro atoms. The van der Waals surface area contributed by atoms with E-state index in [4.69, 9.17) is 5.11 Å². The predicted molar refractivity (Wildman–Crippen MR) is 60.2 cm³/mol. The first-order chi connectivity index (χ1) is 7.88. The van der Waals surface area contributed by atoms with Crippen LogP contribution in [0.1, 0.15) is 27.2 Å². The average Bonchev–Trinajstić information content (AvgIpc) is 2.25. The number of carboxylic acids is 1. The van der Waals surface area contributed by atoms with Gasteiger partial charge in [-0.2, -0.15) is 0 Å². The number of nitrogens with one attached hydrogen (secondary N) is 1. The lowest BCUT2D eigenvalue weighted by molar-refractivity contribution is -0.149. The van der Waals surface area contributed by atoms with Gasteiger partial charge in [0.2, 0.25) is 11.8 Å². The van der Waals surface area contributed by atoms with E-state index in [0.717, 1.165) is 0 Å². The van der Waals surface area contributed by atoms with Gasteiger partial charge in [-0.1, -0.05) is 13.8 Å². The quantitative estimate of drug-likeness (QED) is 0.668. The Morgan fingerprint density at radius 2 is 2.12 bits per heavy atom. The molecule has 0 aliphatic carbocycles. The fourth-order valence-corrected chi connectivity index (χ4v) is 2.03. The second-order valence-corrected chi connectivity index (χ2v) is 4.38. The minimum Gasteiger partial charge on any atom is -0.481 e. The van der Waals surface area contributed by atoms with Crippen LogP contribution < -0.4 is 5.32 Å². The van der Waals surface area contributed by atoms with Crippen molar-refractivity contribution in [3.63, 3.8) is 0 Å². The third kappa shape index (κ3) is 2.82. The number of piperazine rings is 1. The molecule has 17 heavy (non-hydrogen) atoms. The molecule has 2 amide bonds. The summed E-state index contributed by atoms with van der Waals surface area (Å²) in [5.74, 6) is -2.26. The molecule has 1 heterocycles. The number of carboxylic acid groups (broad SMARTS) is 1. The van der Waals surface area contributed by atoms with E-state index in [1.165, 1.54) is 0 Å². The second-order valence-electron chi connectivity index (χ2n) is 4.38. The molecule has 1 saturated heterocycles. The molecule has 96 valence electrons. The maximum atomic E-state index is 11.6. The Hall–Kier alpha value is -1.43. The first kappa shape index (κ1) is 13.6. The van der Waals surface area contributed by atoms with Gasteiger partial charge in [0.05, 0.1) is 18.5 Å². The topological polar surface area (TPSA) is 86.7 Å². The van der Waals surface area contributed by atoms with Gasteiger partial charge >= 0.3 is 5.97 Å². The maximum absolute atomic E-state index is 11.6. The normalized spacial score (nSPS) is 25.2. The van der Waals surface area contributed by atoms with Crippen molar-refractivity contribution in [2.45, 2.75) is 39.3 Å². The van der Waals surface area contributed by atoms with Crippen molar-refractivity contribution in [2.75, 3.05) is 6.54 Å². The van der Waals surface area contributed by atoms with Crippen LogP contribution in [-0.2, 0) is 14.4 Å². The number of carbonyl (C=O) groups excluding carboxylic acids is 2. The molecule has 1 rings (SSSR count). The largest absolute Gasteiger partial charge is 0.481 e. The maximum Gasteiger partial charge on any atom is 0.307 e. The molecule has 1 aliphatic heterocycles. The monoisotopic (exact) mass is 242 g/mol. The highest BCUT2D eigenvalue weighted by Gasteiger charge is 2.38. The lowest BCUT2D eigenvalue weighted by Gasteiger charge is -2.39. The highest BCUT2D eigenvalue weighted by molar-refractivity contribution is 6.01. The van der Waals surface area contributed by atoms with Crippen molar-refractivity contribution in [2.24, 2.45) is 5.92 Å². The Bertz CT molecular complexity index is 342. The predicted octanol–water partition coefficient (Wildman–Crippen LogP) is -0.167. The van der Waals surface area contributed by atoms with Crippen LogP contribution in [0, 0.1) is 5.92 Å². The van der Waals surface area contributed by atoms with Crippen molar-refractivity contribution in [1.29, 1.82) is 0 Å². The number of amides is 2. The molecular formula is C11H18N2O4. The van der Waals surface area contributed by atoms with Gasteiger partial charge in [0, 0.05) is 6.04 Å². The molecule has 3 atom stereocenters. The minimum atomic E-state index is -0.925. The number of aliphatic carboxylic acids is 1. The molecule has 3 unspecified atom stereocenters. The summed E-state index contributed by atoms with van der Waals surface area (Å²) in [4.78, 5) is 35.5. The molecule has 0 aromatic heterocycles. The first-order valence-electron chi connectivity index (χ1n) is 5.70. The molecule has 6 heteroatoms. The highest BCUT2D eigenvalue weighted by Crippen LogP contribution is 2.18. The Kier molecular flexibility index (Phi) is 4.22. The molecule has 0 aromatic rings. The van der Waals surface area contributed by atoms with Crippen LogP contribution in [0.5, 0.6) is 0 Å². The molecular weight excluding hydrogens is 224 g/mol. The fraction of sp³-hybridized carbons (Fsp3) is 0.727. The lowest BCUT2D eigenvalue weighted by Crippen LogP contribution is -2.61. The summed E-state index contributed by atoms with van der Waals surface area (Å²) in [6, 6.07) is -0.781. The van der Waals surface area contributed by atoms with Gasteiger partial charge in [-0.15, -0.1) is 0 Å². The van der Waals surface area contributed by atoms with E-state index in [1.807, 2.05) is 6.92 Å². The van der Waals surface area contributed by atoms with E-state index in [2.05, 4.69) is 5.32 Å². The van der Waals surface area contributed by atoms with E-state index >= 15 is 0 Å². The number of carbonyl (C=O) groups is 3. The van der Waals surface area contributed by atoms with Crippen molar-refractivity contribution in [3.8, 4) is 0 Å². The zero-order valence-corrected chi connectivity index (χ0v) is 10.3. The van der Waals surface area contributed by atoms with Gasteiger partial charge in [-0.3, -0.25) is 24.6 Å². The summed E-state index contributed by atoms with van der Waals surface area (Å²) in [5.41, 5.74) is 0.